The van der Waals surface area contributed by atoms with E-state index in [2.05, 4.69) is 22.2 Å². The molecule has 19 heavy (non-hydrogen) atoms. The van der Waals surface area contributed by atoms with Crippen molar-refractivity contribution in [1.29, 1.82) is 0 Å². The fourth-order valence-corrected chi connectivity index (χ4v) is 1.48. The van der Waals surface area contributed by atoms with Gasteiger partial charge in [0.25, 0.3) is 0 Å². The zero-order valence-electron chi connectivity index (χ0n) is 11.2. The van der Waals surface area contributed by atoms with Crippen molar-refractivity contribution in [3.05, 3.63) is 24.0 Å². The van der Waals surface area contributed by atoms with Gasteiger partial charge in [-0.1, -0.05) is 17.9 Å². The van der Waals surface area contributed by atoms with E-state index in [0.717, 1.165) is 0 Å². The van der Waals surface area contributed by atoms with Gasteiger partial charge < -0.3 is 10.1 Å². The first kappa shape index (κ1) is 14.9. The van der Waals surface area contributed by atoms with Crippen molar-refractivity contribution in [2.24, 2.45) is 0 Å². The molecule has 1 aromatic rings. The van der Waals surface area contributed by atoms with Gasteiger partial charge in [0.05, 0.1) is 5.69 Å². The maximum atomic E-state index is 11.6. The number of amides is 1. The van der Waals surface area contributed by atoms with Crippen LogP contribution in [0.15, 0.2) is 12.7 Å². The lowest BCUT2D eigenvalue weighted by Crippen LogP contribution is -2.18. The van der Waals surface area contributed by atoms with Crippen LogP contribution in [0.1, 0.15) is 29.0 Å². The van der Waals surface area contributed by atoms with Crippen LogP contribution in [0.5, 0.6) is 0 Å². The molecule has 1 aromatic heterocycles. The Bertz CT molecular complexity index is 468. The molecule has 0 atom stereocenters. The zero-order chi connectivity index (χ0) is 14.3. The van der Waals surface area contributed by atoms with Crippen molar-refractivity contribution in [3.8, 4) is 0 Å². The van der Waals surface area contributed by atoms with Crippen molar-refractivity contribution >= 4 is 11.9 Å². The van der Waals surface area contributed by atoms with Crippen molar-refractivity contribution in [3.63, 3.8) is 0 Å². The first-order valence-corrected chi connectivity index (χ1v) is 5.98. The maximum Gasteiger partial charge on any atom is 0.361 e. The van der Waals surface area contributed by atoms with E-state index >= 15 is 0 Å². The number of aryl methyl sites for hydroxylation is 1. The summed E-state index contributed by atoms with van der Waals surface area (Å²) in [5, 5.41) is 10.2. The van der Waals surface area contributed by atoms with Crippen molar-refractivity contribution in [2.75, 3.05) is 13.7 Å². The molecule has 0 aliphatic rings. The number of nitrogens with one attached hydrogen (secondary N) is 1. The highest BCUT2D eigenvalue weighted by Crippen LogP contribution is 2.07. The molecule has 0 fully saturated rings. The van der Waals surface area contributed by atoms with Crippen molar-refractivity contribution in [1.82, 2.24) is 20.3 Å². The number of nitrogens with zero attached hydrogens (tertiary/aromatic N) is 3. The molecule has 104 valence electrons. The summed E-state index contributed by atoms with van der Waals surface area (Å²) in [6, 6.07) is 0. The van der Waals surface area contributed by atoms with Gasteiger partial charge in [-0.3, -0.25) is 4.79 Å². The van der Waals surface area contributed by atoms with Crippen LogP contribution in [0.3, 0.4) is 0 Å². The summed E-state index contributed by atoms with van der Waals surface area (Å²) in [5.41, 5.74) is 0.827. The molecular weight excluding hydrogens is 248 g/mol. The average Bonchev–Trinajstić information content (AvgIpc) is 2.77. The Balaban J connectivity index is 2.57. The highest BCUT2D eigenvalue weighted by molar-refractivity contribution is 5.88. The molecule has 0 radical (unpaired) electrons. The van der Waals surface area contributed by atoms with Gasteiger partial charge in [0.15, 0.2) is 5.69 Å². The second-order valence-electron chi connectivity index (χ2n) is 3.91. The number of aromatic nitrogens is 3. The largest absolute Gasteiger partial charge is 0.457 e. The molecule has 0 bridgehead atoms. The van der Waals surface area contributed by atoms with Gasteiger partial charge in [0.1, 0.15) is 6.61 Å². The lowest BCUT2D eigenvalue weighted by Gasteiger charge is -2.03. The van der Waals surface area contributed by atoms with Gasteiger partial charge in [-0.15, -0.1) is 5.10 Å². The summed E-state index contributed by atoms with van der Waals surface area (Å²) in [6.07, 6.45) is 2.53. The maximum absolute atomic E-state index is 11.6. The van der Waals surface area contributed by atoms with Gasteiger partial charge in [0.2, 0.25) is 5.91 Å². The summed E-state index contributed by atoms with van der Waals surface area (Å²) in [5.74, 6) is -0.543. The van der Waals surface area contributed by atoms with Gasteiger partial charge in [0, 0.05) is 20.0 Å². The number of rotatable bonds is 7. The van der Waals surface area contributed by atoms with Crippen molar-refractivity contribution in [2.45, 2.75) is 26.3 Å². The second kappa shape index (κ2) is 7.30. The predicted octanol–water partition coefficient (Wildman–Crippen LogP) is 0.456. The van der Waals surface area contributed by atoms with Crippen LogP contribution in [0.25, 0.3) is 0 Å². The molecular formula is C12H18N4O3. The molecule has 1 N–H and O–H groups in total. The van der Waals surface area contributed by atoms with Crippen LogP contribution in [0.2, 0.25) is 0 Å². The highest BCUT2D eigenvalue weighted by Gasteiger charge is 2.17. The Kier molecular flexibility index (Phi) is 5.72. The van der Waals surface area contributed by atoms with E-state index in [9.17, 15) is 9.59 Å². The first-order valence-electron chi connectivity index (χ1n) is 5.98. The lowest BCUT2D eigenvalue weighted by molar-refractivity contribution is -0.120. The number of esters is 1. The summed E-state index contributed by atoms with van der Waals surface area (Å²) in [7, 11) is 1.59. The topological polar surface area (TPSA) is 86.1 Å². The molecule has 0 saturated carbocycles. The predicted molar refractivity (Wildman–Crippen MR) is 68.5 cm³/mol. The minimum absolute atomic E-state index is 0.0246. The van der Waals surface area contributed by atoms with Crippen LogP contribution in [-0.2, 0) is 16.1 Å². The van der Waals surface area contributed by atoms with Crippen LogP contribution < -0.4 is 5.32 Å². The third-order valence-electron chi connectivity index (χ3n) is 2.56. The van der Waals surface area contributed by atoms with Gasteiger partial charge in [-0.25, -0.2) is 9.48 Å². The normalized spacial score (nSPS) is 10.0. The Labute approximate surface area is 111 Å². The monoisotopic (exact) mass is 266 g/mol. The van der Waals surface area contributed by atoms with Crippen LogP contribution in [-0.4, -0.2) is 40.5 Å². The van der Waals surface area contributed by atoms with Crippen LogP contribution in [0, 0.1) is 6.92 Å². The smallest absolute Gasteiger partial charge is 0.361 e. The summed E-state index contributed by atoms with van der Waals surface area (Å²) >= 11 is 0. The van der Waals surface area contributed by atoms with E-state index in [0.29, 0.717) is 25.1 Å². The quantitative estimate of drug-likeness (QED) is 0.572. The summed E-state index contributed by atoms with van der Waals surface area (Å²) < 4.78 is 6.49. The zero-order valence-corrected chi connectivity index (χ0v) is 11.2. The van der Waals surface area contributed by atoms with Gasteiger partial charge in [-0.05, 0) is 13.3 Å². The Morgan fingerprint density at radius 1 is 1.53 bits per heavy atom. The number of carbonyl (C=O) groups excluding carboxylic acids is 2. The molecule has 0 aliphatic heterocycles. The molecule has 7 nitrogen and oxygen atoms in total. The molecule has 1 heterocycles. The third-order valence-corrected chi connectivity index (χ3v) is 2.56. The molecule has 0 spiro atoms. The third kappa shape index (κ3) is 4.20. The van der Waals surface area contributed by atoms with Crippen molar-refractivity contribution < 1.29 is 14.3 Å². The minimum Gasteiger partial charge on any atom is -0.457 e. The fraction of sp³-hybridized carbons (Fsp3) is 0.500. The first-order chi connectivity index (χ1) is 9.10. The Morgan fingerprint density at radius 2 is 2.26 bits per heavy atom. The van der Waals surface area contributed by atoms with E-state index in [-0.39, 0.29) is 18.2 Å². The summed E-state index contributed by atoms with van der Waals surface area (Å²) in [4.78, 5) is 22.7. The molecule has 0 aliphatic carbocycles. The second-order valence-corrected chi connectivity index (χ2v) is 3.91. The van der Waals surface area contributed by atoms with E-state index in [4.69, 9.17) is 4.74 Å². The average molecular weight is 266 g/mol. The Morgan fingerprint density at radius 3 is 2.89 bits per heavy atom. The molecule has 0 aromatic carbocycles. The Hall–Kier alpha value is -2.18. The number of hydrogen-bond acceptors (Lipinski definition) is 5. The number of hydrogen-bond donors (Lipinski definition) is 1. The summed E-state index contributed by atoms with van der Waals surface area (Å²) in [6.45, 7) is 5.87. The van der Waals surface area contributed by atoms with Crippen LogP contribution in [0.4, 0.5) is 0 Å². The number of carbonyl (C=O) groups is 2. The van der Waals surface area contributed by atoms with E-state index in [1.165, 1.54) is 6.08 Å². The van der Waals surface area contributed by atoms with E-state index in [1.54, 1.807) is 18.7 Å². The molecule has 7 heteroatoms. The number of ether oxygens (including phenoxy) is 1. The fourth-order valence-electron chi connectivity index (χ4n) is 1.48. The molecule has 0 saturated heterocycles. The van der Waals surface area contributed by atoms with Gasteiger partial charge in [-0.2, -0.15) is 0 Å². The van der Waals surface area contributed by atoms with Crippen LogP contribution >= 0.6 is 0 Å². The molecule has 1 amide bonds. The molecule has 0 unspecified atom stereocenters. The minimum atomic E-state index is -0.519. The lowest BCUT2D eigenvalue weighted by atomic mass is 10.3. The highest BCUT2D eigenvalue weighted by atomic mass is 16.5. The standard InChI is InChI=1S/C12H18N4O3/c1-4-8-19-12(18)11-9(2)16(15-14-11)7-5-6-10(17)13-3/h4H,1,5-8H2,2-3H3,(H,13,17). The van der Waals surface area contributed by atoms with E-state index < -0.39 is 5.97 Å². The SMILES string of the molecule is C=CCOC(=O)c1nnn(CCCC(=O)NC)c1C. The molecule has 1 rings (SSSR count). The van der Waals surface area contributed by atoms with Gasteiger partial charge >= 0.3 is 5.97 Å². The van der Waals surface area contributed by atoms with E-state index in [1.807, 2.05) is 0 Å².